The number of nitrogen functional groups attached to an aromatic ring is 1. The third kappa shape index (κ3) is 3.33. The van der Waals surface area contributed by atoms with Crippen LogP contribution in [-0.4, -0.2) is 17.0 Å². The van der Waals surface area contributed by atoms with Crippen LogP contribution >= 0.6 is 0 Å². The van der Waals surface area contributed by atoms with Crippen molar-refractivity contribution in [1.82, 2.24) is 9.97 Å². The Morgan fingerprint density at radius 2 is 2.00 bits per heavy atom. The Bertz CT molecular complexity index is 621. The van der Waals surface area contributed by atoms with Crippen molar-refractivity contribution in [2.75, 3.05) is 17.4 Å². The first kappa shape index (κ1) is 15.3. The van der Waals surface area contributed by atoms with Crippen LogP contribution in [0.3, 0.4) is 0 Å². The molecule has 6 heteroatoms. The molecule has 0 amide bonds. The van der Waals surface area contributed by atoms with Crippen molar-refractivity contribution >= 4 is 11.6 Å². The Labute approximate surface area is 125 Å². The average molecular weight is 289 g/mol. The zero-order chi connectivity index (χ0) is 15.6. The molecule has 2 heterocycles. The molecule has 0 fully saturated rings. The Morgan fingerprint density at radius 3 is 2.52 bits per heavy atom. The molecule has 21 heavy (non-hydrogen) atoms. The summed E-state index contributed by atoms with van der Waals surface area (Å²) in [6, 6.07) is 3.94. The zero-order valence-electron chi connectivity index (χ0n) is 13.3. The van der Waals surface area contributed by atoms with Crippen molar-refractivity contribution in [1.29, 1.82) is 0 Å². The van der Waals surface area contributed by atoms with E-state index in [4.69, 9.17) is 10.3 Å². The maximum Gasteiger partial charge on any atom is 0.148 e. The molecule has 0 spiro atoms. The molecule has 2 rings (SSSR count). The summed E-state index contributed by atoms with van der Waals surface area (Å²) in [6.07, 6.45) is 0. The third-order valence-corrected chi connectivity index (χ3v) is 3.34. The van der Waals surface area contributed by atoms with Gasteiger partial charge in [0, 0.05) is 18.5 Å². The molecule has 0 unspecified atom stereocenters. The molecule has 0 bridgehead atoms. The van der Waals surface area contributed by atoms with Crippen LogP contribution in [0.2, 0.25) is 0 Å². The number of hydrogen-bond donors (Lipinski definition) is 2. The van der Waals surface area contributed by atoms with Gasteiger partial charge in [-0.2, -0.15) is 0 Å². The smallest absolute Gasteiger partial charge is 0.148 e. The molecule has 0 radical (unpaired) electrons. The number of anilines is 2. The fraction of sp³-hybridized carbons (Fsp3) is 0.467. The van der Waals surface area contributed by atoms with E-state index in [2.05, 4.69) is 29.2 Å². The number of nitrogens with zero attached hydrogens (tertiary/aromatic N) is 3. The third-order valence-electron chi connectivity index (χ3n) is 3.34. The van der Waals surface area contributed by atoms with E-state index in [1.807, 2.05) is 37.9 Å². The first-order valence-electron chi connectivity index (χ1n) is 7.04. The predicted octanol–water partition coefficient (Wildman–Crippen LogP) is 2.73. The Balaban J connectivity index is 2.34. The van der Waals surface area contributed by atoms with Gasteiger partial charge in [-0.1, -0.05) is 13.8 Å². The van der Waals surface area contributed by atoms with Gasteiger partial charge in [0.1, 0.15) is 29.0 Å². The fourth-order valence-corrected chi connectivity index (χ4v) is 2.17. The second kappa shape index (κ2) is 6.13. The van der Waals surface area contributed by atoms with E-state index in [1.165, 1.54) is 0 Å². The number of nitrogens with two attached hydrogens (primary N) is 1. The summed E-state index contributed by atoms with van der Waals surface area (Å²) in [7, 11) is 1.98. The van der Waals surface area contributed by atoms with Crippen LogP contribution in [0.4, 0.5) is 11.6 Å². The van der Waals surface area contributed by atoms with Gasteiger partial charge in [0.15, 0.2) is 0 Å². The zero-order valence-corrected chi connectivity index (χ0v) is 13.3. The maximum atomic E-state index is 5.62. The van der Waals surface area contributed by atoms with Crippen LogP contribution in [0.5, 0.6) is 0 Å². The summed E-state index contributed by atoms with van der Waals surface area (Å²) >= 11 is 0. The maximum absolute atomic E-state index is 5.62. The minimum Gasteiger partial charge on any atom is -0.464 e. The molecule has 6 nitrogen and oxygen atoms in total. The molecule has 2 aromatic rings. The van der Waals surface area contributed by atoms with Crippen molar-refractivity contribution in [2.24, 2.45) is 5.84 Å². The first-order chi connectivity index (χ1) is 9.92. The highest BCUT2D eigenvalue weighted by Gasteiger charge is 2.16. The number of rotatable bonds is 5. The van der Waals surface area contributed by atoms with E-state index in [0.717, 1.165) is 28.7 Å². The van der Waals surface area contributed by atoms with Gasteiger partial charge in [-0.25, -0.2) is 15.8 Å². The van der Waals surface area contributed by atoms with E-state index in [9.17, 15) is 0 Å². The molecular formula is C15H23N5O. The Morgan fingerprint density at radius 1 is 1.29 bits per heavy atom. The van der Waals surface area contributed by atoms with Gasteiger partial charge in [-0.05, 0) is 26.0 Å². The number of aryl methyl sites for hydroxylation is 1. The van der Waals surface area contributed by atoms with E-state index in [-0.39, 0.29) is 5.92 Å². The quantitative estimate of drug-likeness (QED) is 0.651. The molecule has 114 valence electrons. The first-order valence-corrected chi connectivity index (χ1v) is 7.04. The molecular weight excluding hydrogens is 266 g/mol. The molecule has 3 N–H and O–H groups in total. The van der Waals surface area contributed by atoms with Crippen molar-refractivity contribution in [2.45, 2.75) is 40.2 Å². The van der Waals surface area contributed by atoms with Gasteiger partial charge in [0.05, 0.1) is 6.54 Å². The number of nitrogens with one attached hydrogen (secondary N) is 1. The fourth-order valence-electron chi connectivity index (χ4n) is 2.17. The number of hydrazine groups is 1. The van der Waals surface area contributed by atoms with Crippen LogP contribution in [0.25, 0.3) is 0 Å². The summed E-state index contributed by atoms with van der Waals surface area (Å²) in [5.74, 6) is 9.90. The van der Waals surface area contributed by atoms with Crippen LogP contribution in [0.1, 0.15) is 42.7 Å². The summed E-state index contributed by atoms with van der Waals surface area (Å²) in [5, 5.41) is 0. The van der Waals surface area contributed by atoms with Crippen molar-refractivity contribution < 1.29 is 4.42 Å². The van der Waals surface area contributed by atoms with Crippen molar-refractivity contribution in [3.63, 3.8) is 0 Å². The highest BCUT2D eigenvalue weighted by Crippen LogP contribution is 2.26. The SMILES string of the molecule is Cc1ccc(CN(C)c2nc(C(C)C)nc(NN)c2C)o1. The van der Waals surface area contributed by atoms with E-state index in [1.54, 1.807) is 0 Å². The van der Waals surface area contributed by atoms with Crippen LogP contribution in [0, 0.1) is 13.8 Å². The van der Waals surface area contributed by atoms with E-state index >= 15 is 0 Å². The molecule has 0 aliphatic rings. The minimum atomic E-state index is 0.232. The normalized spacial score (nSPS) is 11.0. The van der Waals surface area contributed by atoms with Crippen LogP contribution < -0.4 is 16.2 Å². The summed E-state index contributed by atoms with van der Waals surface area (Å²) in [6.45, 7) is 8.66. The number of aromatic nitrogens is 2. The summed E-state index contributed by atoms with van der Waals surface area (Å²) < 4.78 is 5.62. The highest BCUT2D eigenvalue weighted by molar-refractivity contribution is 5.58. The molecule has 0 saturated carbocycles. The molecule has 2 aromatic heterocycles. The molecule has 0 saturated heterocycles. The summed E-state index contributed by atoms with van der Waals surface area (Å²) in [5.41, 5.74) is 3.58. The Kier molecular flexibility index (Phi) is 4.47. The largest absolute Gasteiger partial charge is 0.464 e. The number of hydrogen-bond acceptors (Lipinski definition) is 6. The standard InChI is InChI=1S/C15H23N5O/c1-9(2)13-17-14(19-16)11(4)15(18-13)20(5)8-12-7-6-10(3)21-12/h6-7,9H,8,16H2,1-5H3,(H,17,18,19). The topological polar surface area (TPSA) is 80.2 Å². The van der Waals surface area contributed by atoms with Crippen molar-refractivity contribution in [3.05, 3.63) is 35.0 Å². The summed E-state index contributed by atoms with van der Waals surface area (Å²) in [4.78, 5) is 11.2. The van der Waals surface area contributed by atoms with E-state index < -0.39 is 0 Å². The van der Waals surface area contributed by atoms with Crippen LogP contribution in [-0.2, 0) is 6.54 Å². The lowest BCUT2D eigenvalue weighted by atomic mass is 10.2. The highest BCUT2D eigenvalue weighted by atomic mass is 16.3. The molecule has 0 aromatic carbocycles. The second-order valence-corrected chi connectivity index (χ2v) is 5.55. The van der Waals surface area contributed by atoms with Gasteiger partial charge < -0.3 is 14.7 Å². The lowest BCUT2D eigenvalue weighted by Gasteiger charge is -2.22. The molecule has 0 aliphatic carbocycles. The monoisotopic (exact) mass is 289 g/mol. The lowest BCUT2D eigenvalue weighted by molar-refractivity contribution is 0.481. The average Bonchev–Trinajstić information content (AvgIpc) is 2.83. The van der Waals surface area contributed by atoms with Gasteiger partial charge in [0.2, 0.25) is 0 Å². The van der Waals surface area contributed by atoms with E-state index in [0.29, 0.717) is 12.4 Å². The lowest BCUT2D eigenvalue weighted by Crippen LogP contribution is -2.22. The molecule has 0 atom stereocenters. The minimum absolute atomic E-state index is 0.232. The van der Waals surface area contributed by atoms with Gasteiger partial charge in [-0.3, -0.25) is 0 Å². The van der Waals surface area contributed by atoms with Gasteiger partial charge in [-0.15, -0.1) is 0 Å². The second-order valence-electron chi connectivity index (χ2n) is 5.55. The molecule has 0 aliphatic heterocycles. The van der Waals surface area contributed by atoms with Crippen molar-refractivity contribution in [3.8, 4) is 0 Å². The van der Waals surface area contributed by atoms with Gasteiger partial charge in [0.25, 0.3) is 0 Å². The Hall–Kier alpha value is -2.08. The van der Waals surface area contributed by atoms with Crippen LogP contribution in [0.15, 0.2) is 16.5 Å². The van der Waals surface area contributed by atoms with Gasteiger partial charge >= 0.3 is 0 Å². The predicted molar refractivity (Wildman–Crippen MR) is 84.2 cm³/mol. The number of furan rings is 1.